The van der Waals surface area contributed by atoms with Crippen molar-refractivity contribution in [3.8, 4) is 0 Å². The highest BCUT2D eigenvalue weighted by molar-refractivity contribution is 14.1. The van der Waals surface area contributed by atoms with E-state index < -0.39 is 11.8 Å². The van der Waals surface area contributed by atoms with Crippen LogP contribution in [0.4, 0.5) is 9.39 Å². The number of hydrogen-bond donors (Lipinski definition) is 1. The Morgan fingerprint density at radius 3 is 2.79 bits per heavy atom. The second-order valence-electron chi connectivity index (χ2n) is 5.47. The fraction of sp³-hybridized carbons (Fsp3) is 0.294. The number of carbonyl (C=O) groups is 2. The minimum absolute atomic E-state index is 0.280. The van der Waals surface area contributed by atoms with E-state index in [1.54, 1.807) is 6.92 Å². The van der Waals surface area contributed by atoms with Crippen molar-refractivity contribution in [1.29, 1.82) is 0 Å². The van der Waals surface area contributed by atoms with Gasteiger partial charge in [0.25, 0.3) is 5.91 Å². The van der Waals surface area contributed by atoms with E-state index in [0.717, 1.165) is 18.4 Å². The molecule has 0 atom stereocenters. The number of benzene rings is 1. The number of rotatable bonds is 5. The summed E-state index contributed by atoms with van der Waals surface area (Å²) in [6.45, 7) is 2.03. The highest BCUT2D eigenvalue weighted by atomic mass is 127. The van der Waals surface area contributed by atoms with Crippen molar-refractivity contribution in [3.05, 3.63) is 49.7 Å². The molecular formula is C17H15FINO3S. The molecule has 3 rings (SSSR count). The summed E-state index contributed by atoms with van der Waals surface area (Å²) in [5.74, 6) is -0.800. The summed E-state index contributed by atoms with van der Waals surface area (Å²) in [7, 11) is 0. The largest absolute Gasteiger partial charge is 0.462 e. The lowest BCUT2D eigenvalue weighted by Gasteiger charge is -2.09. The summed E-state index contributed by atoms with van der Waals surface area (Å²) in [6, 6.07) is 3.98. The molecule has 4 nitrogen and oxygen atoms in total. The number of amides is 1. The van der Waals surface area contributed by atoms with Gasteiger partial charge in [-0.3, -0.25) is 4.79 Å². The van der Waals surface area contributed by atoms with Gasteiger partial charge < -0.3 is 10.1 Å². The van der Waals surface area contributed by atoms with Gasteiger partial charge in [0.05, 0.1) is 17.7 Å². The molecule has 0 aliphatic heterocycles. The Balaban J connectivity index is 1.89. The lowest BCUT2D eigenvalue weighted by atomic mass is 10.1. The smallest absolute Gasteiger partial charge is 0.341 e. The third-order valence-corrected chi connectivity index (χ3v) is 5.53. The Labute approximate surface area is 156 Å². The Hall–Kier alpha value is -1.48. The lowest BCUT2D eigenvalue weighted by molar-refractivity contribution is 0.0527. The topological polar surface area (TPSA) is 55.4 Å². The van der Waals surface area contributed by atoms with Crippen LogP contribution in [0.5, 0.6) is 0 Å². The summed E-state index contributed by atoms with van der Waals surface area (Å²) < 4.78 is 18.8. The van der Waals surface area contributed by atoms with Crippen LogP contribution in [0.1, 0.15) is 52.0 Å². The predicted molar refractivity (Wildman–Crippen MR) is 99.3 cm³/mol. The van der Waals surface area contributed by atoms with Crippen molar-refractivity contribution >= 4 is 50.8 Å². The maximum absolute atomic E-state index is 13.2. The van der Waals surface area contributed by atoms with Gasteiger partial charge in [-0.25, -0.2) is 9.18 Å². The molecule has 24 heavy (non-hydrogen) atoms. The quantitative estimate of drug-likeness (QED) is 0.517. The summed E-state index contributed by atoms with van der Waals surface area (Å²) in [5.41, 5.74) is 1.77. The van der Waals surface area contributed by atoms with Gasteiger partial charge in [0, 0.05) is 3.57 Å². The van der Waals surface area contributed by atoms with E-state index in [4.69, 9.17) is 4.74 Å². The number of ether oxygens (including phenoxy) is 1. The van der Waals surface area contributed by atoms with Gasteiger partial charge in [-0.05, 0) is 77.4 Å². The second-order valence-corrected chi connectivity index (χ2v) is 7.51. The highest BCUT2D eigenvalue weighted by Crippen LogP contribution is 2.46. The molecule has 7 heteroatoms. The first-order valence-electron chi connectivity index (χ1n) is 7.56. The van der Waals surface area contributed by atoms with Crippen molar-refractivity contribution in [2.45, 2.75) is 25.7 Å². The van der Waals surface area contributed by atoms with Crippen LogP contribution in [0.3, 0.4) is 0 Å². The first-order chi connectivity index (χ1) is 11.5. The predicted octanol–water partition coefficient (Wildman–Crippen LogP) is 4.80. The molecule has 2 aromatic rings. The molecule has 126 valence electrons. The zero-order chi connectivity index (χ0) is 17.3. The molecule has 1 heterocycles. The van der Waals surface area contributed by atoms with Crippen molar-refractivity contribution in [3.63, 3.8) is 0 Å². The summed E-state index contributed by atoms with van der Waals surface area (Å²) in [6.07, 6.45) is 2.10. The molecule has 1 N–H and O–H groups in total. The van der Waals surface area contributed by atoms with Crippen LogP contribution in [0.15, 0.2) is 23.6 Å². The Kier molecular flexibility index (Phi) is 5.19. The molecule has 0 unspecified atom stereocenters. The van der Waals surface area contributed by atoms with E-state index in [1.807, 2.05) is 28.0 Å². The number of carbonyl (C=O) groups excluding carboxylic acids is 2. The molecule has 0 bridgehead atoms. The number of thiophene rings is 1. The van der Waals surface area contributed by atoms with Crippen molar-refractivity contribution in [2.24, 2.45) is 0 Å². The molecule has 1 aromatic carbocycles. The maximum atomic E-state index is 13.2. The van der Waals surface area contributed by atoms with Crippen molar-refractivity contribution in [1.82, 2.24) is 0 Å². The van der Waals surface area contributed by atoms with Gasteiger partial charge in [0.2, 0.25) is 0 Å². The molecule has 1 aromatic heterocycles. The zero-order valence-electron chi connectivity index (χ0n) is 12.9. The average molecular weight is 459 g/mol. The first-order valence-corrected chi connectivity index (χ1v) is 9.52. The first kappa shape index (κ1) is 17.3. The van der Waals surface area contributed by atoms with Crippen molar-refractivity contribution < 1.29 is 18.7 Å². The van der Waals surface area contributed by atoms with Crippen LogP contribution < -0.4 is 5.32 Å². The van der Waals surface area contributed by atoms with E-state index in [2.05, 4.69) is 5.32 Å². The molecular weight excluding hydrogens is 444 g/mol. The number of halogens is 2. The fourth-order valence-electron chi connectivity index (χ4n) is 2.42. The van der Waals surface area contributed by atoms with Gasteiger partial charge in [-0.15, -0.1) is 11.3 Å². The van der Waals surface area contributed by atoms with Crippen LogP contribution in [-0.4, -0.2) is 18.5 Å². The monoisotopic (exact) mass is 459 g/mol. The summed E-state index contributed by atoms with van der Waals surface area (Å²) in [4.78, 5) is 24.8. The van der Waals surface area contributed by atoms with Crippen LogP contribution in [0.25, 0.3) is 0 Å². The van der Waals surface area contributed by atoms with E-state index in [1.165, 1.54) is 29.5 Å². The van der Waals surface area contributed by atoms with Gasteiger partial charge in [-0.2, -0.15) is 0 Å². The Bertz CT molecular complexity index is 801. The van der Waals surface area contributed by atoms with Gasteiger partial charge in [0.15, 0.2) is 0 Å². The highest BCUT2D eigenvalue weighted by Gasteiger charge is 2.32. The standard InChI is InChI=1S/C17H15FINO3S/c1-2-23-17(22)14-12(9-3-4-9)8-24-16(14)20-15(21)11-6-5-10(18)7-13(11)19/h5-9H,2-4H2,1H3,(H,20,21). The van der Waals surface area contributed by atoms with Gasteiger partial charge >= 0.3 is 5.97 Å². The molecule has 0 spiro atoms. The van der Waals surface area contributed by atoms with Crippen molar-refractivity contribution in [2.75, 3.05) is 11.9 Å². The normalized spacial score (nSPS) is 13.6. The SMILES string of the molecule is CCOC(=O)c1c(C2CC2)csc1NC(=O)c1ccc(F)cc1I. The number of anilines is 1. The Morgan fingerprint density at radius 2 is 2.17 bits per heavy atom. The van der Waals surface area contributed by atoms with Gasteiger partial charge in [-0.1, -0.05) is 0 Å². The molecule has 1 aliphatic carbocycles. The minimum Gasteiger partial charge on any atom is -0.462 e. The molecule has 1 amide bonds. The maximum Gasteiger partial charge on any atom is 0.341 e. The van der Waals surface area contributed by atoms with Crippen LogP contribution in [-0.2, 0) is 4.74 Å². The Morgan fingerprint density at radius 1 is 1.42 bits per heavy atom. The third-order valence-electron chi connectivity index (χ3n) is 3.72. The van der Waals surface area contributed by atoms with Crippen LogP contribution in [0.2, 0.25) is 0 Å². The fourth-order valence-corrected chi connectivity index (χ4v) is 4.16. The lowest BCUT2D eigenvalue weighted by Crippen LogP contribution is -2.16. The average Bonchev–Trinajstić information content (AvgIpc) is 3.28. The second kappa shape index (κ2) is 7.18. The summed E-state index contributed by atoms with van der Waals surface area (Å²) >= 11 is 3.24. The van der Waals surface area contributed by atoms with E-state index >= 15 is 0 Å². The molecule has 0 saturated heterocycles. The van der Waals surface area contributed by atoms with E-state index in [9.17, 15) is 14.0 Å². The number of nitrogens with one attached hydrogen (secondary N) is 1. The number of esters is 1. The zero-order valence-corrected chi connectivity index (χ0v) is 15.9. The molecule has 0 radical (unpaired) electrons. The number of hydrogen-bond acceptors (Lipinski definition) is 4. The van der Waals surface area contributed by atoms with E-state index in [-0.39, 0.29) is 12.5 Å². The summed E-state index contributed by atoms with van der Waals surface area (Å²) in [5, 5.41) is 5.18. The van der Waals surface area contributed by atoms with Crippen LogP contribution >= 0.6 is 33.9 Å². The van der Waals surface area contributed by atoms with Gasteiger partial charge in [0.1, 0.15) is 10.8 Å². The third kappa shape index (κ3) is 3.61. The minimum atomic E-state index is -0.412. The molecule has 1 fully saturated rings. The van der Waals surface area contributed by atoms with E-state index in [0.29, 0.717) is 25.6 Å². The molecule has 1 aliphatic rings. The van der Waals surface area contributed by atoms with Crippen LogP contribution in [0, 0.1) is 9.39 Å². The molecule has 1 saturated carbocycles.